The molecular weight excluding hydrogens is 359 g/mol. The van der Waals surface area contributed by atoms with Crippen LogP contribution in [0.2, 0.25) is 0 Å². The molecule has 130 valence electrons. The summed E-state index contributed by atoms with van der Waals surface area (Å²) < 4.78 is 23.7. The van der Waals surface area contributed by atoms with Crippen molar-refractivity contribution in [1.82, 2.24) is 0 Å². The van der Waals surface area contributed by atoms with Gasteiger partial charge in [-0.1, -0.05) is 59.9 Å². The average molecular weight is 382 g/mol. The zero-order valence-electron chi connectivity index (χ0n) is 14.3. The van der Waals surface area contributed by atoms with Gasteiger partial charge in [0.25, 0.3) is 0 Å². The van der Waals surface area contributed by atoms with Gasteiger partial charge in [0.2, 0.25) is 0 Å². The van der Waals surface area contributed by atoms with Crippen molar-refractivity contribution in [2.24, 2.45) is 0 Å². The van der Waals surface area contributed by atoms with Gasteiger partial charge in [0.1, 0.15) is 9.87 Å². The summed E-state index contributed by atoms with van der Waals surface area (Å²) in [5, 5.41) is 0. The average Bonchev–Trinajstić information content (AvgIpc) is 2.46. The molecule has 3 nitrogen and oxygen atoms in total. The number of hydrogen-bond acceptors (Lipinski definition) is 5. The lowest BCUT2D eigenvalue weighted by atomic mass is 10.4. The Bertz CT molecular complexity index is 603. The monoisotopic (exact) mass is 382 g/mol. The van der Waals surface area contributed by atoms with Crippen LogP contribution in [-0.4, -0.2) is 9.87 Å². The summed E-state index contributed by atoms with van der Waals surface area (Å²) in [6, 6.07) is 19.8. The van der Waals surface area contributed by atoms with Crippen molar-refractivity contribution in [2.45, 2.75) is 47.4 Å². The standard InChI is InChI=1S/C18H23O3PS2/c1-17(2,23-15-11-7-5-8-12-15)20-22(19)21-18(3,4)24-16-13-9-6-10-14-16/h5-14,22H,1-4H3. The minimum atomic E-state index is -2.63. The minimum Gasteiger partial charge on any atom is -0.293 e. The number of rotatable bonds is 8. The normalized spacial score (nSPS) is 12.5. The first kappa shape index (κ1) is 19.6. The molecule has 0 radical (unpaired) electrons. The first-order valence-corrected chi connectivity index (χ1v) is 10.5. The molecule has 0 aliphatic carbocycles. The van der Waals surface area contributed by atoms with Crippen LogP contribution in [0.5, 0.6) is 0 Å². The second kappa shape index (κ2) is 8.59. The Balaban J connectivity index is 1.91. The molecule has 2 aromatic rings. The fourth-order valence-corrected chi connectivity index (χ4v) is 5.32. The van der Waals surface area contributed by atoms with Gasteiger partial charge < -0.3 is 0 Å². The number of hydrogen-bond donors (Lipinski definition) is 0. The van der Waals surface area contributed by atoms with E-state index in [0.717, 1.165) is 9.79 Å². The Morgan fingerprint density at radius 3 is 1.38 bits per heavy atom. The highest BCUT2D eigenvalue weighted by Gasteiger charge is 2.28. The van der Waals surface area contributed by atoms with Crippen LogP contribution in [0.15, 0.2) is 70.5 Å². The molecule has 0 fully saturated rings. The molecule has 0 spiro atoms. The van der Waals surface area contributed by atoms with Gasteiger partial charge in [0.15, 0.2) is 0 Å². The predicted molar refractivity (Wildman–Crippen MR) is 104 cm³/mol. The van der Waals surface area contributed by atoms with Crippen LogP contribution in [0.25, 0.3) is 0 Å². The van der Waals surface area contributed by atoms with E-state index in [1.54, 1.807) is 0 Å². The summed E-state index contributed by atoms with van der Waals surface area (Å²) in [7, 11) is -2.63. The molecule has 0 unspecified atom stereocenters. The van der Waals surface area contributed by atoms with Crippen molar-refractivity contribution in [3.05, 3.63) is 60.7 Å². The van der Waals surface area contributed by atoms with Gasteiger partial charge in [-0.25, -0.2) is 0 Å². The van der Waals surface area contributed by atoms with Crippen molar-refractivity contribution in [2.75, 3.05) is 0 Å². The van der Waals surface area contributed by atoms with Crippen molar-refractivity contribution >= 4 is 31.8 Å². The van der Waals surface area contributed by atoms with Gasteiger partial charge in [-0.3, -0.25) is 13.6 Å². The third-order valence-corrected chi connectivity index (χ3v) is 6.69. The summed E-state index contributed by atoms with van der Waals surface area (Å²) in [6.07, 6.45) is 0. The fourth-order valence-electron chi connectivity index (χ4n) is 2.01. The minimum absolute atomic E-state index is 0.634. The largest absolute Gasteiger partial charge is 0.321 e. The molecule has 0 aliphatic heterocycles. The van der Waals surface area contributed by atoms with E-state index in [4.69, 9.17) is 9.05 Å². The molecule has 0 amide bonds. The van der Waals surface area contributed by atoms with E-state index in [1.165, 1.54) is 23.5 Å². The van der Waals surface area contributed by atoms with Gasteiger partial charge in [-0.05, 0) is 52.0 Å². The van der Waals surface area contributed by atoms with E-state index in [9.17, 15) is 4.57 Å². The smallest absolute Gasteiger partial charge is 0.293 e. The van der Waals surface area contributed by atoms with Gasteiger partial charge >= 0.3 is 8.25 Å². The van der Waals surface area contributed by atoms with Crippen molar-refractivity contribution < 1.29 is 13.6 Å². The van der Waals surface area contributed by atoms with E-state index in [-0.39, 0.29) is 0 Å². The molecule has 0 N–H and O–H groups in total. The van der Waals surface area contributed by atoms with Gasteiger partial charge in [0.05, 0.1) is 0 Å². The van der Waals surface area contributed by atoms with Crippen LogP contribution in [0.3, 0.4) is 0 Å². The summed E-state index contributed by atoms with van der Waals surface area (Å²) in [5.74, 6) is 0. The topological polar surface area (TPSA) is 35.5 Å². The molecule has 0 aromatic heterocycles. The lowest BCUT2D eigenvalue weighted by molar-refractivity contribution is 0.130. The fraction of sp³-hybridized carbons (Fsp3) is 0.333. The van der Waals surface area contributed by atoms with Crippen molar-refractivity contribution in [3.8, 4) is 0 Å². The summed E-state index contributed by atoms with van der Waals surface area (Å²) in [4.78, 5) is 0.862. The maximum absolute atomic E-state index is 12.4. The third-order valence-electron chi connectivity index (χ3n) is 2.87. The van der Waals surface area contributed by atoms with Crippen molar-refractivity contribution in [3.63, 3.8) is 0 Å². The molecule has 2 aromatic carbocycles. The first-order chi connectivity index (χ1) is 11.3. The summed E-state index contributed by atoms with van der Waals surface area (Å²) in [6.45, 7) is 7.59. The highest BCUT2D eigenvalue weighted by atomic mass is 32.2. The van der Waals surface area contributed by atoms with Crippen LogP contribution in [0.4, 0.5) is 0 Å². The summed E-state index contributed by atoms with van der Waals surface area (Å²) >= 11 is 3.04. The first-order valence-electron chi connectivity index (χ1n) is 7.66. The van der Waals surface area contributed by atoms with E-state index in [2.05, 4.69) is 0 Å². The van der Waals surface area contributed by atoms with Crippen LogP contribution in [0.1, 0.15) is 27.7 Å². The Hall–Kier alpha value is -0.710. The zero-order chi connectivity index (χ0) is 17.6. The van der Waals surface area contributed by atoms with Gasteiger partial charge in [0, 0.05) is 9.79 Å². The third kappa shape index (κ3) is 7.04. The summed E-state index contributed by atoms with van der Waals surface area (Å²) in [5.41, 5.74) is 0. The van der Waals surface area contributed by atoms with E-state index in [0.29, 0.717) is 0 Å². The molecule has 0 bridgehead atoms. The Morgan fingerprint density at radius 1 is 0.708 bits per heavy atom. The molecule has 0 heterocycles. The van der Waals surface area contributed by atoms with E-state index < -0.39 is 18.1 Å². The predicted octanol–water partition coefficient (Wildman–Crippen LogP) is 6.47. The van der Waals surface area contributed by atoms with Gasteiger partial charge in [-0.15, -0.1) is 0 Å². The lowest BCUT2D eigenvalue weighted by Crippen LogP contribution is -2.20. The quantitative estimate of drug-likeness (QED) is 0.297. The zero-order valence-corrected chi connectivity index (χ0v) is 16.9. The molecule has 0 saturated heterocycles. The SMILES string of the molecule is CC(C)(O[PH](=O)OC(C)(C)Sc1ccccc1)Sc1ccccc1. The Morgan fingerprint density at radius 2 is 1.04 bits per heavy atom. The Labute approximate surface area is 153 Å². The second-order valence-corrected chi connectivity index (χ2v) is 10.3. The van der Waals surface area contributed by atoms with Crippen LogP contribution in [-0.2, 0) is 13.6 Å². The molecule has 2 rings (SSSR count). The molecule has 6 heteroatoms. The maximum atomic E-state index is 12.4. The highest BCUT2D eigenvalue weighted by Crippen LogP contribution is 2.46. The second-order valence-electron chi connectivity index (χ2n) is 6.08. The van der Waals surface area contributed by atoms with E-state index in [1.807, 2.05) is 88.4 Å². The molecular formula is C18H23O3PS2. The van der Waals surface area contributed by atoms with Gasteiger partial charge in [-0.2, -0.15) is 0 Å². The number of thioether (sulfide) groups is 2. The molecule has 24 heavy (non-hydrogen) atoms. The van der Waals surface area contributed by atoms with Crippen molar-refractivity contribution in [1.29, 1.82) is 0 Å². The number of benzene rings is 2. The molecule has 0 saturated carbocycles. The van der Waals surface area contributed by atoms with Crippen LogP contribution >= 0.6 is 31.8 Å². The molecule has 0 aliphatic rings. The maximum Gasteiger partial charge on any atom is 0.321 e. The van der Waals surface area contributed by atoms with Crippen LogP contribution < -0.4 is 0 Å². The lowest BCUT2D eigenvalue weighted by Gasteiger charge is -2.28. The Kier molecular flexibility index (Phi) is 7.02. The van der Waals surface area contributed by atoms with Crippen LogP contribution in [0, 0.1) is 0 Å². The highest BCUT2D eigenvalue weighted by molar-refractivity contribution is 8.01. The van der Waals surface area contributed by atoms with E-state index >= 15 is 0 Å². The molecule has 0 atom stereocenters.